The minimum atomic E-state index is -0.202. The molecule has 2 heterocycles. The fraction of sp³-hybridized carbons (Fsp3) is 0.222. The van der Waals surface area contributed by atoms with Gasteiger partial charge in [-0.25, -0.2) is 4.98 Å². The van der Waals surface area contributed by atoms with Gasteiger partial charge in [0.15, 0.2) is 0 Å². The number of carbonyl (C=O) groups excluding carboxylic acids is 1. The Balaban J connectivity index is 1.91. The largest absolute Gasteiger partial charge is 0.446 e. The van der Waals surface area contributed by atoms with E-state index >= 15 is 0 Å². The topological polar surface area (TPSA) is 81.2 Å². The lowest BCUT2D eigenvalue weighted by atomic mass is 9.87. The summed E-state index contributed by atoms with van der Waals surface area (Å²) < 4.78 is 5.50. The number of nitrogen functional groups attached to an aromatic ring is 1. The zero-order valence-electron chi connectivity index (χ0n) is 13.4. The second-order valence-corrected chi connectivity index (χ2v) is 6.55. The van der Waals surface area contributed by atoms with Gasteiger partial charge in [0.05, 0.1) is 18.1 Å². The van der Waals surface area contributed by atoms with Crippen LogP contribution in [-0.2, 0) is 5.41 Å². The van der Waals surface area contributed by atoms with E-state index in [0.717, 1.165) is 10.9 Å². The van der Waals surface area contributed by atoms with Gasteiger partial charge in [0, 0.05) is 22.2 Å². The Morgan fingerprint density at radius 3 is 2.57 bits per heavy atom. The van der Waals surface area contributed by atoms with Crippen molar-refractivity contribution in [2.75, 3.05) is 11.1 Å². The van der Waals surface area contributed by atoms with Gasteiger partial charge in [0.1, 0.15) is 0 Å². The number of aromatic nitrogens is 1. The number of pyridine rings is 1. The number of nitrogens with two attached hydrogens (primary N) is 1. The maximum Gasteiger partial charge on any atom is 0.255 e. The zero-order valence-corrected chi connectivity index (χ0v) is 13.4. The molecule has 0 aliphatic carbocycles. The number of nitrogens with zero attached hydrogens (tertiary/aromatic N) is 1. The molecule has 0 saturated carbocycles. The highest BCUT2D eigenvalue weighted by molar-refractivity contribution is 6.05. The summed E-state index contributed by atoms with van der Waals surface area (Å²) in [6.07, 6.45) is 3.32. The predicted octanol–water partition coefficient (Wildman–Crippen LogP) is 3.96. The summed E-state index contributed by atoms with van der Waals surface area (Å²) in [4.78, 5) is 16.6. The Labute approximate surface area is 134 Å². The number of hydrogen-bond acceptors (Lipinski definition) is 4. The number of fused-ring (bicyclic) bond motifs is 1. The molecule has 3 aromatic rings. The molecule has 0 bridgehead atoms. The van der Waals surface area contributed by atoms with Crippen molar-refractivity contribution in [3.05, 3.63) is 53.9 Å². The minimum Gasteiger partial charge on any atom is -0.446 e. The molecule has 0 saturated heterocycles. The average Bonchev–Trinajstić information content (AvgIpc) is 2.91. The monoisotopic (exact) mass is 309 g/mol. The van der Waals surface area contributed by atoms with Gasteiger partial charge in [-0.3, -0.25) is 4.79 Å². The molecule has 118 valence electrons. The standard InChI is InChI=1S/C18H19N3O2/c1-18(2,3)15-10-23-17-14(15)8-13(9-20-17)21-16(22)11-4-6-12(19)7-5-11/h4-10H,19H2,1-3H3,(H,21,22). The van der Waals surface area contributed by atoms with E-state index in [-0.39, 0.29) is 11.3 Å². The molecule has 0 spiro atoms. The Bertz CT molecular complexity index is 858. The molecule has 1 aromatic carbocycles. The van der Waals surface area contributed by atoms with E-state index in [1.807, 2.05) is 6.07 Å². The highest BCUT2D eigenvalue weighted by atomic mass is 16.3. The van der Waals surface area contributed by atoms with E-state index in [9.17, 15) is 4.79 Å². The van der Waals surface area contributed by atoms with Crippen molar-refractivity contribution in [3.8, 4) is 0 Å². The SMILES string of the molecule is CC(C)(C)c1coc2ncc(NC(=O)c3ccc(N)cc3)cc12. The molecule has 23 heavy (non-hydrogen) atoms. The molecular formula is C18H19N3O2. The normalized spacial score (nSPS) is 11.6. The van der Waals surface area contributed by atoms with E-state index in [2.05, 4.69) is 31.1 Å². The molecule has 0 radical (unpaired) electrons. The molecule has 3 rings (SSSR count). The van der Waals surface area contributed by atoms with E-state index in [4.69, 9.17) is 10.2 Å². The first kappa shape index (κ1) is 15.1. The summed E-state index contributed by atoms with van der Waals surface area (Å²) >= 11 is 0. The number of furan rings is 1. The third-order valence-corrected chi connectivity index (χ3v) is 3.67. The summed E-state index contributed by atoms with van der Waals surface area (Å²) in [5.74, 6) is -0.202. The first-order chi connectivity index (χ1) is 10.8. The maximum atomic E-state index is 12.3. The molecule has 5 heteroatoms. The first-order valence-electron chi connectivity index (χ1n) is 7.39. The van der Waals surface area contributed by atoms with Crippen molar-refractivity contribution in [3.63, 3.8) is 0 Å². The Kier molecular flexibility index (Phi) is 3.56. The first-order valence-corrected chi connectivity index (χ1v) is 7.39. The zero-order chi connectivity index (χ0) is 16.6. The van der Waals surface area contributed by atoms with Crippen molar-refractivity contribution in [1.29, 1.82) is 0 Å². The van der Waals surface area contributed by atoms with Crippen molar-refractivity contribution >= 4 is 28.4 Å². The summed E-state index contributed by atoms with van der Waals surface area (Å²) in [6, 6.07) is 8.67. The van der Waals surface area contributed by atoms with Crippen molar-refractivity contribution in [2.24, 2.45) is 0 Å². The van der Waals surface area contributed by atoms with Gasteiger partial charge in [-0.15, -0.1) is 0 Å². The van der Waals surface area contributed by atoms with Crippen LogP contribution in [0.1, 0.15) is 36.7 Å². The van der Waals surface area contributed by atoms with E-state index in [1.165, 1.54) is 0 Å². The predicted molar refractivity (Wildman–Crippen MR) is 91.5 cm³/mol. The lowest BCUT2D eigenvalue weighted by Crippen LogP contribution is -2.12. The van der Waals surface area contributed by atoms with Gasteiger partial charge in [-0.2, -0.15) is 0 Å². The van der Waals surface area contributed by atoms with Crippen LogP contribution in [0.4, 0.5) is 11.4 Å². The molecule has 0 aliphatic heterocycles. The summed E-state index contributed by atoms with van der Waals surface area (Å²) in [5.41, 5.74) is 9.00. The molecule has 0 atom stereocenters. The number of rotatable bonds is 2. The van der Waals surface area contributed by atoms with Crippen LogP contribution in [0.15, 0.2) is 47.2 Å². The van der Waals surface area contributed by atoms with E-state index in [0.29, 0.717) is 22.7 Å². The molecule has 0 unspecified atom stereocenters. The quantitative estimate of drug-likeness (QED) is 0.702. The maximum absolute atomic E-state index is 12.3. The van der Waals surface area contributed by atoms with Crippen molar-refractivity contribution < 1.29 is 9.21 Å². The number of anilines is 2. The number of amides is 1. The molecule has 3 N–H and O–H groups in total. The van der Waals surface area contributed by atoms with Crippen LogP contribution in [0.5, 0.6) is 0 Å². The number of carbonyl (C=O) groups is 1. The smallest absolute Gasteiger partial charge is 0.255 e. The molecular weight excluding hydrogens is 290 g/mol. The van der Waals surface area contributed by atoms with Crippen LogP contribution in [0.2, 0.25) is 0 Å². The second kappa shape index (κ2) is 5.43. The molecule has 0 fully saturated rings. The van der Waals surface area contributed by atoms with Crippen LogP contribution >= 0.6 is 0 Å². The number of nitrogens with one attached hydrogen (secondary N) is 1. The van der Waals surface area contributed by atoms with Crippen LogP contribution in [0.3, 0.4) is 0 Å². The van der Waals surface area contributed by atoms with Gasteiger partial charge in [0.25, 0.3) is 5.91 Å². The molecule has 2 aromatic heterocycles. The summed E-state index contributed by atoms with van der Waals surface area (Å²) in [5, 5.41) is 3.76. The van der Waals surface area contributed by atoms with Gasteiger partial charge >= 0.3 is 0 Å². The fourth-order valence-corrected chi connectivity index (χ4v) is 2.40. The number of benzene rings is 1. The van der Waals surface area contributed by atoms with Crippen molar-refractivity contribution in [1.82, 2.24) is 4.98 Å². The Morgan fingerprint density at radius 1 is 1.22 bits per heavy atom. The Hall–Kier alpha value is -2.82. The molecule has 0 aliphatic rings. The lowest BCUT2D eigenvalue weighted by molar-refractivity contribution is 0.102. The van der Waals surface area contributed by atoms with Crippen molar-refractivity contribution in [2.45, 2.75) is 26.2 Å². The Morgan fingerprint density at radius 2 is 1.91 bits per heavy atom. The van der Waals surface area contributed by atoms with Gasteiger partial charge in [0.2, 0.25) is 5.71 Å². The van der Waals surface area contributed by atoms with Crippen LogP contribution in [-0.4, -0.2) is 10.9 Å². The highest BCUT2D eigenvalue weighted by Crippen LogP contribution is 2.32. The van der Waals surface area contributed by atoms with E-state index in [1.54, 1.807) is 36.7 Å². The second-order valence-electron chi connectivity index (χ2n) is 6.55. The summed E-state index contributed by atoms with van der Waals surface area (Å²) in [6.45, 7) is 6.32. The van der Waals surface area contributed by atoms with Gasteiger partial charge in [-0.1, -0.05) is 20.8 Å². The molecule has 5 nitrogen and oxygen atoms in total. The van der Waals surface area contributed by atoms with Gasteiger partial charge in [-0.05, 0) is 35.7 Å². The van der Waals surface area contributed by atoms with Crippen LogP contribution in [0, 0.1) is 0 Å². The van der Waals surface area contributed by atoms with Crippen LogP contribution < -0.4 is 11.1 Å². The minimum absolute atomic E-state index is 0.0630. The van der Waals surface area contributed by atoms with Crippen LogP contribution in [0.25, 0.3) is 11.1 Å². The fourth-order valence-electron chi connectivity index (χ4n) is 2.40. The third kappa shape index (κ3) is 3.04. The van der Waals surface area contributed by atoms with Gasteiger partial charge < -0.3 is 15.5 Å². The average molecular weight is 309 g/mol. The number of hydrogen-bond donors (Lipinski definition) is 2. The lowest BCUT2D eigenvalue weighted by Gasteiger charge is -2.16. The third-order valence-electron chi connectivity index (χ3n) is 3.67. The summed E-state index contributed by atoms with van der Waals surface area (Å²) in [7, 11) is 0. The van der Waals surface area contributed by atoms with E-state index < -0.39 is 0 Å². The highest BCUT2D eigenvalue weighted by Gasteiger charge is 2.20. The molecule has 1 amide bonds.